The summed E-state index contributed by atoms with van der Waals surface area (Å²) in [5.41, 5.74) is 5.94. The van der Waals surface area contributed by atoms with Crippen molar-refractivity contribution in [3.8, 4) is 5.75 Å². The Hall–Kier alpha value is -6.90. The SMILES string of the molecule is CC[C@H](C)[C@@H]1NC(=O)CNC(=O)C2CC(=O)[C@H]([C@@H](C)[C@@H](O)CO)NC(=O)[C@@H]3CC(O)CN3C(=O)[C@H](CC(N)=O)CC(=O)C(CS(=O)c3[nH]c4cc(OCCN5C(=O)C=CC5=O)ccc4c3C2)NC(=O)CNC1=O. The smallest absolute Gasteiger partial charge is 0.253 e. The summed E-state index contributed by atoms with van der Waals surface area (Å²) in [6, 6.07) is -1.68. The van der Waals surface area contributed by atoms with E-state index >= 15 is 0 Å². The Morgan fingerprint density at radius 2 is 1.55 bits per heavy atom. The molecule has 1 saturated heterocycles. The minimum Gasteiger partial charge on any atom is -0.492 e. The third kappa shape index (κ3) is 13.4. The van der Waals surface area contributed by atoms with Crippen molar-refractivity contribution in [3.63, 3.8) is 0 Å². The Balaban J connectivity index is 1.52. The zero-order valence-electron chi connectivity index (χ0n) is 40.4. The molecule has 0 radical (unpaired) electrons. The number of aromatic nitrogens is 1. The van der Waals surface area contributed by atoms with Gasteiger partial charge >= 0.3 is 0 Å². The van der Waals surface area contributed by atoms with Crippen LogP contribution in [0.15, 0.2) is 35.4 Å². The van der Waals surface area contributed by atoms with Gasteiger partial charge in [-0.2, -0.15) is 0 Å². The largest absolute Gasteiger partial charge is 0.492 e. The van der Waals surface area contributed by atoms with E-state index in [-0.39, 0.29) is 41.4 Å². The molecule has 0 aliphatic carbocycles. The number of hydrogen-bond donors (Lipinski definition) is 10. The second-order valence-corrected chi connectivity index (χ2v) is 20.2. The van der Waals surface area contributed by atoms with Crippen molar-refractivity contribution in [2.45, 2.75) is 101 Å². The van der Waals surface area contributed by atoms with Gasteiger partial charge in [-0.25, -0.2) is 0 Å². The second kappa shape index (κ2) is 24.2. The number of imide groups is 1. The number of nitrogens with two attached hydrogens (primary N) is 1. The van der Waals surface area contributed by atoms with Gasteiger partial charge in [0.25, 0.3) is 11.8 Å². The van der Waals surface area contributed by atoms with Crippen LogP contribution >= 0.6 is 0 Å². The number of nitrogens with one attached hydrogen (secondary N) is 6. The van der Waals surface area contributed by atoms with Crippen LogP contribution in [0.25, 0.3) is 10.9 Å². The lowest BCUT2D eigenvalue weighted by atomic mass is 9.85. The first-order valence-corrected chi connectivity index (χ1v) is 25.2. The molecule has 11 atom stereocenters. The molecule has 0 spiro atoms. The summed E-state index contributed by atoms with van der Waals surface area (Å²) < 4.78 is 20.8. The highest BCUT2D eigenvalue weighted by Crippen LogP contribution is 2.33. The number of carbonyl (C=O) groups excluding carboxylic acids is 11. The van der Waals surface area contributed by atoms with Gasteiger partial charge in [-0.1, -0.05) is 27.2 Å². The van der Waals surface area contributed by atoms with Crippen molar-refractivity contribution < 1.29 is 77.0 Å². The molecule has 4 aliphatic heterocycles. The number of carbonyl (C=O) groups is 11. The summed E-state index contributed by atoms with van der Waals surface area (Å²) in [6.07, 6.45) is -3.54. The van der Waals surface area contributed by atoms with Crippen LogP contribution in [0.4, 0.5) is 0 Å². The van der Waals surface area contributed by atoms with Crippen molar-refractivity contribution >= 4 is 86.4 Å². The van der Waals surface area contributed by atoms with E-state index in [0.29, 0.717) is 11.8 Å². The predicted molar refractivity (Wildman–Crippen MR) is 254 cm³/mol. The lowest BCUT2D eigenvalue weighted by Crippen LogP contribution is -2.56. The maximum absolute atomic E-state index is 15.0. The number of ketones is 2. The van der Waals surface area contributed by atoms with Crippen LogP contribution in [0.5, 0.6) is 5.75 Å². The molecular weight excluding hydrogens is 979 g/mol. The number of Topliss-reactive ketones (excluding diaryl/α,β-unsaturated/α-hetero) is 2. The molecular formula is C47H61N9O16S. The fraction of sp³-hybridized carbons (Fsp3) is 0.553. The van der Waals surface area contributed by atoms with Crippen LogP contribution < -0.4 is 37.1 Å². The van der Waals surface area contributed by atoms with Crippen molar-refractivity contribution in [1.82, 2.24) is 41.4 Å². The van der Waals surface area contributed by atoms with Crippen LogP contribution in [0.3, 0.4) is 0 Å². The van der Waals surface area contributed by atoms with Crippen LogP contribution in [0, 0.1) is 23.7 Å². The summed E-state index contributed by atoms with van der Waals surface area (Å²) in [7, 11) is -2.38. The average Bonchev–Trinajstić information content (AvgIpc) is 4.03. The molecule has 11 N–H and O–H groups in total. The van der Waals surface area contributed by atoms with E-state index in [1.807, 2.05) is 0 Å². The van der Waals surface area contributed by atoms with Gasteiger partial charge in [0.15, 0.2) is 11.6 Å². The third-order valence-corrected chi connectivity index (χ3v) is 15.0. The lowest BCUT2D eigenvalue weighted by molar-refractivity contribution is -0.145. The second-order valence-electron chi connectivity index (χ2n) is 18.7. The van der Waals surface area contributed by atoms with Gasteiger partial charge in [0.05, 0.1) is 78.5 Å². The minimum atomic E-state index is -2.38. The van der Waals surface area contributed by atoms with E-state index in [1.54, 1.807) is 13.8 Å². The highest BCUT2D eigenvalue weighted by atomic mass is 32.2. The number of primary amides is 1. The molecule has 9 amide bonds. The van der Waals surface area contributed by atoms with Crippen molar-refractivity contribution in [2.75, 3.05) is 45.1 Å². The maximum Gasteiger partial charge on any atom is 0.253 e. The Morgan fingerprint density at radius 3 is 2.21 bits per heavy atom. The normalized spacial score (nSPS) is 27.6. The summed E-state index contributed by atoms with van der Waals surface area (Å²) >= 11 is 0. The minimum absolute atomic E-state index is 0.109. The van der Waals surface area contributed by atoms with Crippen LogP contribution in [0.1, 0.15) is 58.4 Å². The lowest BCUT2D eigenvalue weighted by Gasteiger charge is -2.32. The molecule has 6 rings (SSSR count). The summed E-state index contributed by atoms with van der Waals surface area (Å²) in [6.45, 7) is 1.63. The molecule has 5 heterocycles. The molecule has 2 bridgehead atoms. The zero-order valence-corrected chi connectivity index (χ0v) is 41.2. The fourth-order valence-corrected chi connectivity index (χ4v) is 10.7. The highest BCUT2D eigenvalue weighted by molar-refractivity contribution is 7.85. The third-order valence-electron chi connectivity index (χ3n) is 13.6. The Bertz CT molecular complexity index is 2580. The number of hydrogen-bond acceptors (Lipinski definition) is 16. The first-order chi connectivity index (χ1) is 34.6. The van der Waals surface area contributed by atoms with Gasteiger partial charge in [-0.05, 0) is 30.0 Å². The molecule has 73 heavy (non-hydrogen) atoms. The molecule has 1 aromatic carbocycles. The topological polar surface area (TPSA) is 383 Å². The van der Waals surface area contributed by atoms with Gasteiger partial charge in [0.2, 0.25) is 41.4 Å². The molecule has 396 valence electrons. The summed E-state index contributed by atoms with van der Waals surface area (Å²) in [5, 5.41) is 44.4. The molecule has 1 fully saturated rings. The Morgan fingerprint density at radius 1 is 0.877 bits per heavy atom. The van der Waals surface area contributed by atoms with Crippen LogP contribution in [-0.2, 0) is 70.0 Å². The number of rotatable bonds is 11. The van der Waals surface area contributed by atoms with Crippen molar-refractivity contribution in [1.29, 1.82) is 0 Å². The number of H-pyrrole nitrogens is 1. The van der Waals surface area contributed by atoms with Gasteiger partial charge < -0.3 is 62.3 Å². The van der Waals surface area contributed by atoms with E-state index in [2.05, 4.69) is 31.6 Å². The molecule has 0 saturated carbocycles. The molecule has 25 nitrogen and oxygen atoms in total. The predicted octanol–water partition coefficient (Wildman–Crippen LogP) is -4.14. The first kappa shape index (κ1) is 55.4. The van der Waals surface area contributed by atoms with Gasteiger partial charge in [-0.3, -0.25) is 61.8 Å². The average molecular weight is 1040 g/mol. The fourth-order valence-electron chi connectivity index (χ4n) is 9.25. The summed E-state index contributed by atoms with van der Waals surface area (Å²) in [5.74, 6) is -14.9. The Kier molecular flexibility index (Phi) is 18.4. The maximum atomic E-state index is 15.0. The number of fused-ring (bicyclic) bond motifs is 5. The van der Waals surface area contributed by atoms with E-state index in [1.165, 1.54) is 25.1 Å². The van der Waals surface area contributed by atoms with E-state index in [4.69, 9.17) is 10.5 Å². The van der Waals surface area contributed by atoms with Crippen LogP contribution in [-0.4, -0.2) is 181 Å². The van der Waals surface area contributed by atoms with E-state index in [9.17, 15) is 72.3 Å². The summed E-state index contributed by atoms with van der Waals surface area (Å²) in [4.78, 5) is 155. The first-order valence-electron chi connectivity index (χ1n) is 23.8. The quantitative estimate of drug-likeness (QED) is 0.0956. The number of amides is 9. The number of benzene rings is 1. The molecule has 2 aromatic rings. The van der Waals surface area contributed by atoms with Gasteiger partial charge in [0, 0.05) is 67.7 Å². The van der Waals surface area contributed by atoms with E-state index in [0.717, 1.165) is 22.0 Å². The standard InChI is InChI=1S/C47H61N9O16S/c1-4-22(2)41-45(69)50-17-37(63)51-31-21-73(71)46-29(28-6-5-27(16-30(28)52-46)72-10-9-55-39(65)7-8-40(55)66)11-24(43(67)49-18-38(64)53-41)12-34(60)42(23(3)35(61)20-57)54-44(68)32-15-26(58)19-56(32)47(70)25(13-33(31)59)14-36(48)62/h5-8,16,22-26,31-32,35,41-42,52,57-58,61H,4,9-15,17-21H2,1-3H3,(H2,48,62)(H,49,67)(H,50,69)(H,51,63)(H,53,64)(H,54,68)/t22-,23-,24?,25-,26?,31?,32-,35-,41-,42-,73?/m0/s1. The van der Waals surface area contributed by atoms with Crippen LogP contribution in [0.2, 0.25) is 0 Å². The zero-order chi connectivity index (χ0) is 53.4. The number of nitrogens with zero attached hydrogens (tertiary/aromatic N) is 2. The van der Waals surface area contributed by atoms with Gasteiger partial charge in [0.1, 0.15) is 29.5 Å². The van der Waals surface area contributed by atoms with Gasteiger partial charge in [-0.15, -0.1) is 0 Å². The monoisotopic (exact) mass is 1040 g/mol. The van der Waals surface area contributed by atoms with Crippen molar-refractivity contribution in [3.05, 3.63) is 35.9 Å². The van der Waals surface area contributed by atoms with E-state index < -0.39 is 193 Å². The van der Waals surface area contributed by atoms with Crippen molar-refractivity contribution in [2.24, 2.45) is 29.4 Å². The molecule has 4 aliphatic rings. The molecule has 4 unspecified atom stereocenters. The number of aliphatic hydroxyl groups excluding tert-OH is 3. The number of ether oxygens (including phenoxy) is 1. The highest BCUT2D eigenvalue weighted by Gasteiger charge is 2.45. The number of aromatic amines is 1. The number of aliphatic hydroxyl groups is 3. The molecule has 1 aromatic heterocycles. The Labute approximate surface area is 420 Å². The molecule has 26 heteroatoms.